The number of carbonyl (C=O) groups is 3. The summed E-state index contributed by atoms with van der Waals surface area (Å²) in [4.78, 5) is 34.1. The summed E-state index contributed by atoms with van der Waals surface area (Å²) in [5.74, 6) is 0.0789. The summed E-state index contributed by atoms with van der Waals surface area (Å²) in [6.07, 6.45) is -1.18. The fourth-order valence-electron chi connectivity index (χ4n) is 5.55. The number of hydrogen-bond donors (Lipinski definition) is 3. The summed E-state index contributed by atoms with van der Waals surface area (Å²) in [6.45, 7) is 4.52. The maximum atomic E-state index is 11.8. The first kappa shape index (κ1) is 35.6. The number of fused-ring (bicyclic) bond motifs is 6. The maximum absolute atomic E-state index is 11.8. The molecule has 0 radical (unpaired) electrons. The van der Waals surface area contributed by atoms with Crippen LogP contribution in [0.15, 0.2) is 97.1 Å². The van der Waals surface area contributed by atoms with Crippen molar-refractivity contribution < 1.29 is 23.9 Å². The van der Waals surface area contributed by atoms with Crippen molar-refractivity contribution in [3.05, 3.63) is 119 Å². The molecular formula is C36H41ClN4O5. The van der Waals surface area contributed by atoms with E-state index < -0.39 is 17.6 Å². The van der Waals surface area contributed by atoms with Crippen LogP contribution in [-0.2, 0) is 9.47 Å². The lowest BCUT2D eigenvalue weighted by atomic mass is 9.98. The fraction of sp³-hybridized carbons (Fsp3) is 0.250. The SMILES string of the molecule is C.CC.CN(NC(=O)OCC1c2ccccc2-c2ccccc21)C(=O)Cl.CNNC(=O)OCC1c2ccccc2-c2ccccc21. The molecule has 0 spiro atoms. The van der Waals surface area contributed by atoms with E-state index >= 15 is 0 Å². The molecule has 4 aromatic rings. The molecule has 242 valence electrons. The van der Waals surface area contributed by atoms with E-state index in [0.717, 1.165) is 27.3 Å². The smallest absolute Gasteiger partial charge is 0.426 e. The zero-order chi connectivity index (χ0) is 32.3. The molecule has 0 unspecified atom stereocenters. The number of carbonyl (C=O) groups excluding carboxylic acids is 3. The lowest BCUT2D eigenvalue weighted by Gasteiger charge is -2.17. The summed E-state index contributed by atoms with van der Waals surface area (Å²) in [7, 11) is 2.97. The normalized spacial score (nSPS) is 11.8. The molecule has 3 amide bonds. The van der Waals surface area contributed by atoms with Crippen LogP contribution in [0.5, 0.6) is 0 Å². The second-order valence-corrected chi connectivity index (χ2v) is 10.3. The number of hydrogen-bond acceptors (Lipinski definition) is 6. The monoisotopic (exact) mass is 644 g/mol. The molecule has 0 bridgehead atoms. The third-order valence-corrected chi connectivity index (χ3v) is 7.69. The van der Waals surface area contributed by atoms with Gasteiger partial charge in [-0.15, -0.1) is 0 Å². The van der Waals surface area contributed by atoms with Crippen LogP contribution in [0, 0.1) is 0 Å². The van der Waals surface area contributed by atoms with Crippen molar-refractivity contribution >= 4 is 29.2 Å². The third kappa shape index (κ3) is 8.04. The number of nitrogens with one attached hydrogen (secondary N) is 3. The predicted molar refractivity (Wildman–Crippen MR) is 183 cm³/mol. The van der Waals surface area contributed by atoms with Gasteiger partial charge in [0, 0.05) is 25.9 Å². The lowest BCUT2D eigenvalue weighted by Crippen LogP contribution is -2.41. The predicted octanol–water partition coefficient (Wildman–Crippen LogP) is 8.05. The second kappa shape index (κ2) is 17.0. The Hall–Kier alpha value is -4.86. The summed E-state index contributed by atoms with van der Waals surface area (Å²) in [6, 6.07) is 32.7. The Morgan fingerprint density at radius 3 is 1.30 bits per heavy atom. The van der Waals surface area contributed by atoms with Gasteiger partial charge in [-0.1, -0.05) is 118 Å². The number of amides is 3. The Labute approximate surface area is 275 Å². The molecule has 0 aromatic heterocycles. The van der Waals surface area contributed by atoms with Gasteiger partial charge in [-0.25, -0.2) is 25.4 Å². The number of rotatable bonds is 5. The summed E-state index contributed by atoms with van der Waals surface area (Å²) in [5, 5.41) is 0.0685. The first-order chi connectivity index (χ1) is 21.9. The minimum absolute atomic E-state index is 0. The van der Waals surface area contributed by atoms with E-state index in [1.54, 1.807) is 7.05 Å². The Kier molecular flexibility index (Phi) is 13.2. The van der Waals surface area contributed by atoms with Crippen molar-refractivity contribution in [2.75, 3.05) is 27.3 Å². The molecule has 3 N–H and O–H groups in total. The number of hydrazine groups is 2. The summed E-state index contributed by atoms with van der Waals surface area (Å²) in [5.41, 5.74) is 16.7. The number of halogens is 1. The van der Waals surface area contributed by atoms with Crippen molar-refractivity contribution in [1.29, 1.82) is 0 Å². The zero-order valence-corrected chi connectivity index (χ0v) is 26.4. The van der Waals surface area contributed by atoms with E-state index in [2.05, 4.69) is 52.7 Å². The molecule has 2 aliphatic rings. The topological polar surface area (TPSA) is 109 Å². The van der Waals surface area contributed by atoms with Gasteiger partial charge < -0.3 is 9.47 Å². The molecule has 4 aromatic carbocycles. The molecule has 0 fully saturated rings. The van der Waals surface area contributed by atoms with E-state index in [0.29, 0.717) is 6.61 Å². The lowest BCUT2D eigenvalue weighted by molar-refractivity contribution is 0.121. The van der Waals surface area contributed by atoms with Gasteiger partial charge in [-0.3, -0.25) is 10.2 Å². The first-order valence-electron chi connectivity index (χ1n) is 14.7. The molecule has 10 heteroatoms. The van der Waals surface area contributed by atoms with Crippen molar-refractivity contribution in [2.24, 2.45) is 0 Å². The number of ether oxygens (including phenoxy) is 2. The molecule has 6 rings (SSSR count). The quantitative estimate of drug-likeness (QED) is 0.115. The average Bonchev–Trinajstić information content (AvgIpc) is 3.56. The van der Waals surface area contributed by atoms with Crippen molar-refractivity contribution in [1.82, 2.24) is 21.3 Å². The summed E-state index contributed by atoms with van der Waals surface area (Å²) < 4.78 is 10.5. The van der Waals surface area contributed by atoms with Crippen LogP contribution >= 0.6 is 11.6 Å². The molecule has 0 aliphatic heterocycles. The molecular weight excluding hydrogens is 604 g/mol. The van der Waals surface area contributed by atoms with Crippen molar-refractivity contribution in [2.45, 2.75) is 33.1 Å². The Balaban J connectivity index is 0.000000235. The van der Waals surface area contributed by atoms with Gasteiger partial charge in [0.1, 0.15) is 13.2 Å². The van der Waals surface area contributed by atoms with Gasteiger partial charge in [-0.2, -0.15) is 0 Å². The van der Waals surface area contributed by atoms with E-state index in [4.69, 9.17) is 21.1 Å². The Morgan fingerprint density at radius 1 is 0.652 bits per heavy atom. The highest BCUT2D eigenvalue weighted by Gasteiger charge is 2.30. The molecule has 0 heterocycles. The van der Waals surface area contributed by atoms with Gasteiger partial charge in [0.05, 0.1) is 0 Å². The Morgan fingerprint density at radius 2 is 0.978 bits per heavy atom. The van der Waals surface area contributed by atoms with Crippen molar-refractivity contribution in [3.63, 3.8) is 0 Å². The van der Waals surface area contributed by atoms with Crippen LogP contribution in [0.1, 0.15) is 55.4 Å². The van der Waals surface area contributed by atoms with E-state index in [9.17, 15) is 14.4 Å². The van der Waals surface area contributed by atoms with Crippen LogP contribution in [0.25, 0.3) is 22.3 Å². The molecule has 0 saturated heterocycles. The van der Waals surface area contributed by atoms with E-state index in [-0.39, 0.29) is 25.9 Å². The highest BCUT2D eigenvalue weighted by molar-refractivity contribution is 6.62. The minimum Gasteiger partial charge on any atom is -0.448 e. The number of nitrogens with zero attached hydrogens (tertiary/aromatic N) is 1. The largest absolute Gasteiger partial charge is 0.448 e. The van der Waals surface area contributed by atoms with E-state index in [1.165, 1.54) is 29.3 Å². The van der Waals surface area contributed by atoms with E-state index in [1.807, 2.05) is 74.5 Å². The maximum Gasteiger partial charge on any atom is 0.426 e. The second-order valence-electron chi connectivity index (χ2n) is 9.95. The third-order valence-electron chi connectivity index (χ3n) is 7.44. The Bertz CT molecular complexity index is 1560. The molecule has 0 atom stereocenters. The van der Waals surface area contributed by atoms with Crippen LogP contribution in [0.4, 0.5) is 14.4 Å². The van der Waals surface area contributed by atoms with Gasteiger partial charge in [0.25, 0.3) is 0 Å². The van der Waals surface area contributed by atoms with Crippen LogP contribution in [0.2, 0.25) is 0 Å². The average molecular weight is 645 g/mol. The van der Waals surface area contributed by atoms with Gasteiger partial charge in [0.2, 0.25) is 0 Å². The van der Waals surface area contributed by atoms with Crippen LogP contribution in [-0.4, -0.2) is 49.9 Å². The van der Waals surface area contributed by atoms with Crippen LogP contribution < -0.4 is 16.3 Å². The van der Waals surface area contributed by atoms with Gasteiger partial charge in [0.15, 0.2) is 0 Å². The minimum atomic E-state index is -0.793. The number of benzene rings is 4. The zero-order valence-electron chi connectivity index (χ0n) is 25.7. The molecule has 9 nitrogen and oxygen atoms in total. The van der Waals surface area contributed by atoms with Gasteiger partial charge in [-0.05, 0) is 56.1 Å². The summed E-state index contributed by atoms with van der Waals surface area (Å²) >= 11 is 5.25. The van der Waals surface area contributed by atoms with Gasteiger partial charge >= 0.3 is 17.6 Å². The highest BCUT2D eigenvalue weighted by atomic mass is 35.5. The fourth-order valence-corrected chi connectivity index (χ4v) is 5.59. The first-order valence-corrected chi connectivity index (χ1v) is 15.1. The molecule has 46 heavy (non-hydrogen) atoms. The standard InChI is InChI=1S/C17H15ClN2O3.C16H16N2O2.C2H6.CH4/c1-20(16(18)21)19-17(22)23-10-15-13-8-4-2-6-11(13)12-7-3-5-9-14(12)15;1-17-18-16(19)20-10-15-13-8-4-2-6-11(13)12-7-3-5-9-14(12)15;1-2;/h2-9,15H,10H2,1H3,(H,19,22);2-9,15,17H,10H2,1H3,(H,18,19);1-2H3;1H4. The molecule has 2 aliphatic carbocycles. The van der Waals surface area contributed by atoms with Crippen molar-refractivity contribution in [3.8, 4) is 22.3 Å². The van der Waals surface area contributed by atoms with Crippen LogP contribution in [0.3, 0.4) is 0 Å². The highest BCUT2D eigenvalue weighted by Crippen LogP contribution is 2.45. The molecule has 0 saturated carbocycles.